The first kappa shape index (κ1) is 35.8. The average molecular weight is 756 g/mol. The fourth-order valence-electron chi connectivity index (χ4n) is 8.26. The van der Waals surface area contributed by atoms with E-state index in [-0.39, 0.29) is 34.1 Å². The maximum Gasteiger partial charge on any atom is 0.326 e. The minimum atomic E-state index is -5.79. The van der Waals surface area contributed by atoms with Crippen molar-refractivity contribution in [1.82, 2.24) is 19.5 Å². The summed E-state index contributed by atoms with van der Waals surface area (Å²) in [6.45, 7) is 0.912. The molecule has 0 spiro atoms. The van der Waals surface area contributed by atoms with Gasteiger partial charge in [0.1, 0.15) is 41.7 Å². The van der Waals surface area contributed by atoms with E-state index < -0.39 is 54.6 Å². The van der Waals surface area contributed by atoms with Crippen LogP contribution in [0.3, 0.4) is 0 Å². The van der Waals surface area contributed by atoms with Crippen LogP contribution in [0.1, 0.15) is 62.3 Å². The van der Waals surface area contributed by atoms with Crippen LogP contribution in [-0.2, 0) is 43.0 Å². The predicted molar refractivity (Wildman–Crippen MR) is 161 cm³/mol. The molecule has 4 aliphatic rings. The fraction of sp³-hybridized carbons (Fsp3) is 0.571. The summed E-state index contributed by atoms with van der Waals surface area (Å²) in [5.41, 5.74) is 7.49. The highest BCUT2D eigenvalue weighted by Gasteiger charge is 2.54. The number of nitrogen functional groups attached to an aromatic ring is 1. The van der Waals surface area contributed by atoms with Gasteiger partial charge in [0.2, 0.25) is 0 Å². The lowest BCUT2D eigenvalue weighted by Crippen LogP contribution is -2.42. The quantitative estimate of drug-likeness (QED) is 0.264. The van der Waals surface area contributed by atoms with Crippen LogP contribution < -0.4 is 29.8 Å². The van der Waals surface area contributed by atoms with Gasteiger partial charge in [-0.2, -0.15) is 0 Å². The van der Waals surface area contributed by atoms with Gasteiger partial charge in [-0.05, 0) is 73.1 Å². The standard InChI is InChI=1S/C28H36N5O14P3/c1-28-9-8-17-16-5-3-15(10-14(16)2-4-18(17)19(28)6-7-21(28)34)45-50(41,42)47-49(39,40)43-11-20-24(46-48(36,37)38)23(35)27(44-20)33-13-32-22-25(29)30-12-31-26(22)33/h3,5,10,12-13,17-20,23-24,27,35H,2,4,6-9,11H2,1H3,(H,39,40)(H,41,42)(H2,29,30,31)(H2,36,37,38)/p-4/t17-,18-,19+,20-,23-,24-,27-,28+/m1/s1. The molecule has 0 bridgehead atoms. The van der Waals surface area contributed by atoms with Gasteiger partial charge in [0, 0.05) is 11.8 Å². The molecule has 0 radical (unpaired) electrons. The number of Topliss-reactive ketones (excluding diaryl/α,β-unsaturated/α-hetero) is 1. The molecule has 3 N–H and O–H groups in total. The summed E-state index contributed by atoms with van der Waals surface area (Å²) in [5.74, 6) is 0.955. The number of hydrogen-bond donors (Lipinski definition) is 2. The summed E-state index contributed by atoms with van der Waals surface area (Å²) in [4.78, 5) is 72.7. The lowest BCUT2D eigenvalue weighted by Gasteiger charge is -2.48. The Morgan fingerprint density at radius 3 is 2.62 bits per heavy atom. The van der Waals surface area contributed by atoms with E-state index in [1.807, 2.05) is 0 Å². The Balaban J connectivity index is 1.02. The van der Waals surface area contributed by atoms with Crippen molar-refractivity contribution in [2.75, 3.05) is 12.3 Å². The first-order chi connectivity index (χ1) is 23.4. The number of nitrogens with zero attached hydrogens (tertiary/aromatic N) is 4. The minimum Gasteiger partial charge on any atom is -0.790 e. The number of aliphatic hydroxyl groups excluding tert-OH is 1. The zero-order valence-electron chi connectivity index (χ0n) is 26.3. The molecule has 1 aliphatic heterocycles. The smallest absolute Gasteiger partial charge is 0.326 e. The van der Waals surface area contributed by atoms with Gasteiger partial charge in [-0.15, -0.1) is 0 Å². The van der Waals surface area contributed by atoms with Gasteiger partial charge in [0.25, 0.3) is 7.82 Å². The zero-order valence-corrected chi connectivity index (χ0v) is 29.0. The molecule has 272 valence electrons. The number of ether oxygens (including phenoxy) is 1. The van der Waals surface area contributed by atoms with Crippen molar-refractivity contribution in [1.29, 1.82) is 0 Å². The van der Waals surface area contributed by atoms with E-state index in [1.54, 1.807) is 6.07 Å². The van der Waals surface area contributed by atoms with Crippen molar-refractivity contribution in [2.45, 2.75) is 75.9 Å². The van der Waals surface area contributed by atoms with Crippen LogP contribution in [0.5, 0.6) is 5.75 Å². The summed E-state index contributed by atoms with van der Waals surface area (Å²) >= 11 is 0. The van der Waals surface area contributed by atoms with Crippen LogP contribution in [0.15, 0.2) is 30.9 Å². The summed E-state index contributed by atoms with van der Waals surface area (Å²) in [7, 11) is -17.2. The number of rotatable bonds is 10. The molecule has 1 aromatic carbocycles. The Morgan fingerprint density at radius 2 is 1.86 bits per heavy atom. The number of anilines is 1. The molecule has 3 fully saturated rings. The molecule has 1 saturated heterocycles. The number of nitrogens with two attached hydrogens (primary N) is 1. The highest BCUT2D eigenvalue weighted by Crippen LogP contribution is 2.60. The van der Waals surface area contributed by atoms with Crippen LogP contribution in [0, 0.1) is 17.3 Å². The zero-order chi connectivity index (χ0) is 35.8. The Morgan fingerprint density at radius 1 is 1.08 bits per heavy atom. The highest BCUT2D eigenvalue weighted by molar-refractivity contribution is 7.60. The lowest BCUT2D eigenvalue weighted by atomic mass is 9.55. The molecule has 2 aromatic heterocycles. The Kier molecular flexibility index (Phi) is 9.15. The number of imidazole rings is 1. The van der Waals surface area contributed by atoms with E-state index in [0.29, 0.717) is 30.5 Å². The van der Waals surface area contributed by atoms with Crippen molar-refractivity contribution in [3.63, 3.8) is 0 Å². The predicted octanol–water partition coefficient (Wildman–Crippen LogP) is 0.355. The third kappa shape index (κ3) is 6.71. The molecule has 7 rings (SSSR count). The molecular formula is C28H32N5O14P3-4. The van der Waals surface area contributed by atoms with Crippen LogP contribution in [0.4, 0.5) is 5.82 Å². The molecule has 22 heteroatoms. The number of carbonyl (C=O) groups is 1. The van der Waals surface area contributed by atoms with Gasteiger partial charge in [0.05, 0.1) is 20.8 Å². The third-order valence-electron chi connectivity index (χ3n) is 10.4. The number of aliphatic hydroxyl groups is 1. The molecule has 2 unspecified atom stereocenters. The Labute approximate surface area is 284 Å². The molecule has 3 heterocycles. The molecule has 3 aliphatic carbocycles. The van der Waals surface area contributed by atoms with E-state index in [4.69, 9.17) is 15.0 Å². The number of aryl methyl sites for hydroxylation is 1. The van der Waals surface area contributed by atoms with Gasteiger partial charge in [-0.1, -0.05) is 13.0 Å². The number of phosphoric ester groups is 3. The highest BCUT2D eigenvalue weighted by atomic mass is 31.3. The second kappa shape index (κ2) is 12.8. The molecule has 10 atom stereocenters. The monoisotopic (exact) mass is 755 g/mol. The molecule has 0 amide bonds. The number of fused-ring (bicyclic) bond motifs is 6. The molecule has 2 saturated carbocycles. The van der Waals surface area contributed by atoms with Crippen molar-refractivity contribution < 1.29 is 65.8 Å². The van der Waals surface area contributed by atoms with E-state index in [1.165, 1.54) is 12.1 Å². The number of aromatic nitrogens is 4. The maximum absolute atomic E-state index is 12.7. The number of benzene rings is 1. The average Bonchev–Trinajstić information content (AvgIpc) is 3.68. The van der Waals surface area contributed by atoms with Gasteiger partial charge < -0.3 is 53.3 Å². The minimum absolute atomic E-state index is 0.0327. The SMILES string of the molecule is C[C@]12CC[C@@H]3c4ccc(OP(=O)([O-])OP(=O)([O-])OC[C@H]5O[C@@H](n6cnc7c(N)ncnc76)[C@H](O)[C@@H]5OP(=O)([O-])[O-])cc4CC[C@H]3[C@@H]1CCC2=O. The number of ketones is 1. The Bertz CT molecular complexity index is 1970. The summed E-state index contributed by atoms with van der Waals surface area (Å²) in [6, 6.07) is 4.67. The topological polar surface area (TPSA) is 297 Å². The summed E-state index contributed by atoms with van der Waals surface area (Å²) in [6.07, 6.45) is -0.535. The van der Waals surface area contributed by atoms with E-state index in [0.717, 1.165) is 54.0 Å². The van der Waals surface area contributed by atoms with Gasteiger partial charge in [-0.3, -0.25) is 18.5 Å². The second-order valence-corrected chi connectivity index (χ2v) is 17.2. The third-order valence-corrected chi connectivity index (χ3v) is 13.4. The first-order valence-corrected chi connectivity index (χ1v) is 20.1. The van der Waals surface area contributed by atoms with E-state index in [2.05, 4.69) is 35.2 Å². The number of hydrogen-bond acceptors (Lipinski definition) is 18. The Hall–Kier alpha value is -2.63. The molecule has 50 heavy (non-hydrogen) atoms. The normalized spacial score (nSPS) is 33.3. The lowest BCUT2D eigenvalue weighted by molar-refractivity contribution is -0.347. The van der Waals surface area contributed by atoms with Crippen molar-refractivity contribution in [3.8, 4) is 5.75 Å². The number of carbonyl (C=O) groups excluding carboxylic acids is 1. The van der Waals surface area contributed by atoms with Crippen molar-refractivity contribution >= 4 is 46.2 Å². The van der Waals surface area contributed by atoms with Crippen LogP contribution in [0.2, 0.25) is 0 Å². The van der Waals surface area contributed by atoms with Crippen LogP contribution in [-0.4, -0.2) is 55.3 Å². The maximum atomic E-state index is 12.7. The van der Waals surface area contributed by atoms with Crippen LogP contribution >= 0.6 is 23.5 Å². The fourth-order valence-corrected chi connectivity index (χ4v) is 10.8. The molecule has 19 nitrogen and oxygen atoms in total. The van der Waals surface area contributed by atoms with Gasteiger partial charge in [0.15, 0.2) is 17.7 Å². The summed E-state index contributed by atoms with van der Waals surface area (Å²) in [5, 5.41) is 10.8. The van der Waals surface area contributed by atoms with Crippen LogP contribution in [0.25, 0.3) is 11.2 Å². The second-order valence-electron chi connectivity index (χ2n) is 13.2. The van der Waals surface area contributed by atoms with E-state index >= 15 is 0 Å². The van der Waals surface area contributed by atoms with Gasteiger partial charge >= 0.3 is 7.82 Å². The summed E-state index contributed by atoms with van der Waals surface area (Å²) < 4.78 is 61.9. The molecule has 3 aromatic rings. The first-order valence-electron chi connectivity index (χ1n) is 15.8. The number of phosphoric acid groups is 3. The van der Waals surface area contributed by atoms with Crippen molar-refractivity contribution in [3.05, 3.63) is 42.0 Å². The van der Waals surface area contributed by atoms with E-state index in [9.17, 15) is 43.2 Å². The molecular weight excluding hydrogens is 723 g/mol. The largest absolute Gasteiger partial charge is 0.790 e. The van der Waals surface area contributed by atoms with Crippen molar-refractivity contribution in [2.24, 2.45) is 17.3 Å². The van der Waals surface area contributed by atoms with Gasteiger partial charge in [-0.25, -0.2) is 19.3 Å².